The Bertz CT molecular complexity index is 885. The largest absolute Gasteiger partial charge is 0.321 e. The molecule has 0 radical (unpaired) electrons. The van der Waals surface area contributed by atoms with Crippen LogP contribution in [-0.2, 0) is 0 Å². The average molecular weight is 371 g/mol. The Morgan fingerprint density at radius 1 is 1.00 bits per heavy atom. The number of nitrogens with zero attached hydrogens (tertiary/aromatic N) is 1. The fourth-order valence-electron chi connectivity index (χ4n) is 2.15. The first-order chi connectivity index (χ1) is 12.0. The van der Waals surface area contributed by atoms with Gasteiger partial charge in [-0.1, -0.05) is 32.0 Å². The molecule has 1 aromatic carbocycles. The molecule has 0 aliphatic rings. The standard InChI is InChI=1S/C18H17N3O2S2/c1-11(2)14-10-25-18(20-14)21-16(22)12-6-3-4-7-13(12)19-17(23)15-8-5-9-24-15/h3-11H,1-2H3,(H,19,23)(H,20,21,22). The zero-order valence-corrected chi connectivity index (χ0v) is 15.4. The van der Waals surface area contributed by atoms with Crippen LogP contribution in [0, 0.1) is 0 Å². The van der Waals surface area contributed by atoms with Crippen LogP contribution >= 0.6 is 22.7 Å². The van der Waals surface area contributed by atoms with E-state index in [4.69, 9.17) is 0 Å². The van der Waals surface area contributed by atoms with Crippen LogP contribution in [0.25, 0.3) is 0 Å². The summed E-state index contributed by atoms with van der Waals surface area (Å²) in [4.78, 5) is 29.8. The number of para-hydroxylation sites is 1. The molecule has 0 aliphatic heterocycles. The van der Waals surface area contributed by atoms with Gasteiger partial charge in [0.25, 0.3) is 11.8 Å². The van der Waals surface area contributed by atoms with Crippen molar-refractivity contribution in [3.8, 4) is 0 Å². The molecule has 0 aliphatic carbocycles. The maximum Gasteiger partial charge on any atom is 0.265 e. The van der Waals surface area contributed by atoms with E-state index in [2.05, 4.69) is 29.5 Å². The average Bonchev–Trinajstić information content (AvgIpc) is 3.27. The Morgan fingerprint density at radius 3 is 2.48 bits per heavy atom. The van der Waals surface area contributed by atoms with Crippen LogP contribution in [0.1, 0.15) is 45.5 Å². The quantitative estimate of drug-likeness (QED) is 0.674. The summed E-state index contributed by atoms with van der Waals surface area (Å²) in [5.74, 6) is -0.224. The summed E-state index contributed by atoms with van der Waals surface area (Å²) in [6, 6.07) is 10.5. The molecule has 2 N–H and O–H groups in total. The van der Waals surface area contributed by atoms with Gasteiger partial charge in [0.1, 0.15) is 0 Å². The topological polar surface area (TPSA) is 71.1 Å². The fourth-order valence-corrected chi connectivity index (χ4v) is 3.64. The van der Waals surface area contributed by atoms with Gasteiger partial charge in [-0.2, -0.15) is 0 Å². The van der Waals surface area contributed by atoms with Crippen LogP contribution in [0.3, 0.4) is 0 Å². The Labute approximate surface area is 153 Å². The van der Waals surface area contributed by atoms with E-state index in [-0.39, 0.29) is 11.8 Å². The van der Waals surface area contributed by atoms with E-state index in [9.17, 15) is 9.59 Å². The SMILES string of the molecule is CC(C)c1csc(NC(=O)c2ccccc2NC(=O)c2cccs2)n1. The molecule has 0 unspecified atom stereocenters. The Morgan fingerprint density at radius 2 is 1.80 bits per heavy atom. The lowest BCUT2D eigenvalue weighted by molar-refractivity contribution is 0.102. The van der Waals surface area contributed by atoms with E-state index >= 15 is 0 Å². The van der Waals surface area contributed by atoms with Crippen LogP contribution < -0.4 is 10.6 Å². The molecule has 7 heteroatoms. The second kappa shape index (κ2) is 7.58. The van der Waals surface area contributed by atoms with Gasteiger partial charge in [0, 0.05) is 5.38 Å². The van der Waals surface area contributed by atoms with Crippen molar-refractivity contribution >= 4 is 45.3 Å². The van der Waals surface area contributed by atoms with Gasteiger partial charge in [-0.05, 0) is 29.5 Å². The lowest BCUT2D eigenvalue weighted by atomic mass is 10.1. The molecule has 0 spiro atoms. The summed E-state index contributed by atoms with van der Waals surface area (Å²) in [5.41, 5.74) is 1.81. The Hall–Kier alpha value is -2.51. The maximum absolute atomic E-state index is 12.6. The molecule has 0 saturated heterocycles. The van der Waals surface area contributed by atoms with Crippen molar-refractivity contribution in [1.82, 2.24) is 4.98 Å². The van der Waals surface area contributed by atoms with Crippen LogP contribution in [0.5, 0.6) is 0 Å². The highest BCUT2D eigenvalue weighted by molar-refractivity contribution is 7.14. The molecule has 0 saturated carbocycles. The minimum atomic E-state index is -0.299. The highest BCUT2D eigenvalue weighted by Gasteiger charge is 2.16. The number of hydrogen-bond donors (Lipinski definition) is 2. The monoisotopic (exact) mass is 371 g/mol. The summed E-state index contributed by atoms with van der Waals surface area (Å²) in [6.45, 7) is 4.10. The third-order valence-electron chi connectivity index (χ3n) is 3.50. The first-order valence-electron chi connectivity index (χ1n) is 7.75. The summed E-state index contributed by atoms with van der Waals surface area (Å²) >= 11 is 2.74. The van der Waals surface area contributed by atoms with Gasteiger partial charge >= 0.3 is 0 Å². The highest BCUT2D eigenvalue weighted by atomic mass is 32.1. The van der Waals surface area contributed by atoms with E-state index < -0.39 is 0 Å². The molecule has 5 nitrogen and oxygen atoms in total. The van der Waals surface area contributed by atoms with Crippen molar-refractivity contribution in [2.24, 2.45) is 0 Å². The molecule has 0 fully saturated rings. The van der Waals surface area contributed by atoms with Crippen LogP contribution in [0.4, 0.5) is 10.8 Å². The normalized spacial score (nSPS) is 10.7. The summed E-state index contributed by atoms with van der Waals surface area (Å²) in [7, 11) is 0. The lowest BCUT2D eigenvalue weighted by Gasteiger charge is -2.10. The Kier molecular flexibility index (Phi) is 5.25. The van der Waals surface area contributed by atoms with Crippen molar-refractivity contribution in [3.05, 3.63) is 63.3 Å². The maximum atomic E-state index is 12.6. The van der Waals surface area contributed by atoms with Crippen LogP contribution in [-0.4, -0.2) is 16.8 Å². The van der Waals surface area contributed by atoms with E-state index in [1.54, 1.807) is 30.3 Å². The van der Waals surface area contributed by atoms with Gasteiger partial charge in [-0.15, -0.1) is 22.7 Å². The number of nitrogens with one attached hydrogen (secondary N) is 2. The number of aromatic nitrogens is 1. The van der Waals surface area contributed by atoms with E-state index in [0.29, 0.717) is 27.2 Å². The molecule has 3 aromatic rings. The van der Waals surface area contributed by atoms with E-state index in [1.165, 1.54) is 22.7 Å². The predicted molar refractivity (Wildman–Crippen MR) is 103 cm³/mol. The first-order valence-corrected chi connectivity index (χ1v) is 9.51. The number of rotatable bonds is 5. The molecule has 2 heterocycles. The third-order valence-corrected chi connectivity index (χ3v) is 5.14. The molecule has 2 amide bonds. The summed E-state index contributed by atoms with van der Waals surface area (Å²) < 4.78 is 0. The van der Waals surface area contributed by atoms with Crippen molar-refractivity contribution < 1.29 is 9.59 Å². The molecule has 0 bridgehead atoms. The second-order valence-corrected chi connectivity index (χ2v) is 7.47. The van der Waals surface area contributed by atoms with E-state index in [0.717, 1.165) is 5.69 Å². The number of benzene rings is 1. The van der Waals surface area contributed by atoms with Crippen molar-refractivity contribution in [3.63, 3.8) is 0 Å². The first kappa shape index (κ1) is 17.3. The van der Waals surface area contributed by atoms with Crippen molar-refractivity contribution in [1.29, 1.82) is 0 Å². The minimum absolute atomic E-state index is 0.230. The molecular formula is C18H17N3O2S2. The highest BCUT2D eigenvalue weighted by Crippen LogP contribution is 2.24. The van der Waals surface area contributed by atoms with E-state index in [1.807, 2.05) is 16.8 Å². The molecule has 0 atom stereocenters. The fraction of sp³-hybridized carbons (Fsp3) is 0.167. The summed E-state index contributed by atoms with van der Waals surface area (Å²) in [6.07, 6.45) is 0. The summed E-state index contributed by atoms with van der Waals surface area (Å²) in [5, 5.41) is 9.92. The molecule has 3 rings (SSSR count). The molecular weight excluding hydrogens is 354 g/mol. The van der Waals surface area contributed by atoms with Gasteiger partial charge in [-0.25, -0.2) is 4.98 Å². The van der Waals surface area contributed by atoms with Gasteiger partial charge in [-0.3, -0.25) is 14.9 Å². The van der Waals surface area contributed by atoms with Gasteiger partial charge in [0.05, 0.1) is 21.8 Å². The number of thiophene rings is 1. The zero-order chi connectivity index (χ0) is 17.8. The lowest BCUT2D eigenvalue weighted by Crippen LogP contribution is -2.17. The second-order valence-electron chi connectivity index (χ2n) is 5.66. The number of anilines is 2. The van der Waals surface area contributed by atoms with Crippen LogP contribution in [0.2, 0.25) is 0 Å². The number of amides is 2. The number of carbonyl (C=O) groups is 2. The zero-order valence-electron chi connectivity index (χ0n) is 13.8. The van der Waals surface area contributed by atoms with Gasteiger partial charge in [0.2, 0.25) is 0 Å². The Balaban J connectivity index is 1.77. The van der Waals surface area contributed by atoms with Gasteiger partial charge in [0.15, 0.2) is 5.13 Å². The smallest absolute Gasteiger partial charge is 0.265 e. The number of carbonyl (C=O) groups excluding carboxylic acids is 2. The van der Waals surface area contributed by atoms with Crippen molar-refractivity contribution in [2.45, 2.75) is 19.8 Å². The minimum Gasteiger partial charge on any atom is -0.321 e. The van der Waals surface area contributed by atoms with Crippen LogP contribution in [0.15, 0.2) is 47.2 Å². The number of thiazole rings is 1. The number of hydrogen-bond acceptors (Lipinski definition) is 5. The van der Waals surface area contributed by atoms with Gasteiger partial charge < -0.3 is 5.32 Å². The molecule has 25 heavy (non-hydrogen) atoms. The predicted octanol–water partition coefficient (Wildman–Crippen LogP) is 4.83. The molecule has 2 aromatic heterocycles. The van der Waals surface area contributed by atoms with Crippen molar-refractivity contribution in [2.75, 3.05) is 10.6 Å². The molecule has 128 valence electrons. The third kappa shape index (κ3) is 4.12.